The average Bonchev–Trinajstić information content (AvgIpc) is 2.52. The molecule has 3 rings (SSSR count). The summed E-state index contributed by atoms with van der Waals surface area (Å²) in [6.45, 7) is 1.36. The molecule has 5 nitrogen and oxygen atoms in total. The number of anilines is 2. The van der Waals surface area contributed by atoms with E-state index >= 15 is 0 Å². The number of benzene rings is 2. The van der Waals surface area contributed by atoms with Crippen LogP contribution in [-0.2, 0) is 9.59 Å². The molecule has 0 fully saturated rings. The van der Waals surface area contributed by atoms with Gasteiger partial charge in [0.1, 0.15) is 11.6 Å². The molecule has 2 aromatic carbocycles. The van der Waals surface area contributed by atoms with Gasteiger partial charge in [-0.05, 0) is 37.3 Å². The van der Waals surface area contributed by atoms with Crippen LogP contribution < -0.4 is 15.4 Å². The fourth-order valence-electron chi connectivity index (χ4n) is 2.14. The van der Waals surface area contributed by atoms with Crippen molar-refractivity contribution in [1.82, 2.24) is 0 Å². The third-order valence-electron chi connectivity index (χ3n) is 3.49. The molecule has 0 radical (unpaired) electrons. The lowest BCUT2D eigenvalue weighted by Gasteiger charge is -2.33. The van der Waals surface area contributed by atoms with Gasteiger partial charge < -0.3 is 15.4 Å². The van der Waals surface area contributed by atoms with Crippen LogP contribution in [0, 0.1) is 5.82 Å². The molecule has 0 spiro atoms. The third-order valence-corrected chi connectivity index (χ3v) is 3.78. The van der Waals surface area contributed by atoms with Gasteiger partial charge in [-0.25, -0.2) is 4.39 Å². The first-order valence-corrected chi connectivity index (χ1v) is 7.14. The molecule has 0 bridgehead atoms. The zero-order valence-corrected chi connectivity index (χ0v) is 12.8. The monoisotopic (exact) mass is 334 g/mol. The summed E-state index contributed by atoms with van der Waals surface area (Å²) in [6.07, 6.45) is 0. The highest BCUT2D eigenvalue weighted by Gasteiger charge is 2.47. The fourth-order valence-corrected chi connectivity index (χ4v) is 2.32. The number of hydrogen-bond acceptors (Lipinski definition) is 3. The Labute approximate surface area is 136 Å². The number of fused-ring (bicyclic) bond motifs is 1. The highest BCUT2D eigenvalue weighted by Crippen LogP contribution is 2.34. The van der Waals surface area contributed by atoms with Gasteiger partial charge in [0, 0.05) is 5.69 Å². The molecule has 1 atom stereocenters. The van der Waals surface area contributed by atoms with E-state index in [1.54, 1.807) is 24.3 Å². The highest BCUT2D eigenvalue weighted by atomic mass is 35.5. The second kappa shape index (κ2) is 5.55. The van der Waals surface area contributed by atoms with Crippen molar-refractivity contribution in [2.75, 3.05) is 10.6 Å². The standard InChI is InChI=1S/C16H12ClFN2O3/c1-16(14(21)19-9-6-7-11(18)10(17)8-9)15(22)20-12-4-2-3-5-13(12)23-16/h2-8H,1H3,(H,19,21)(H,20,22). The van der Waals surface area contributed by atoms with Crippen LogP contribution in [0.15, 0.2) is 42.5 Å². The van der Waals surface area contributed by atoms with Gasteiger partial charge >= 0.3 is 0 Å². The molecule has 1 unspecified atom stereocenters. The molecule has 2 aromatic rings. The van der Waals surface area contributed by atoms with E-state index in [9.17, 15) is 14.0 Å². The van der Waals surface area contributed by atoms with Gasteiger partial charge in [0.2, 0.25) is 0 Å². The van der Waals surface area contributed by atoms with E-state index in [-0.39, 0.29) is 10.7 Å². The van der Waals surface area contributed by atoms with Gasteiger partial charge in [-0.3, -0.25) is 9.59 Å². The van der Waals surface area contributed by atoms with Gasteiger partial charge in [0.25, 0.3) is 17.4 Å². The van der Waals surface area contributed by atoms with E-state index in [0.29, 0.717) is 11.4 Å². The molecule has 7 heteroatoms. The Morgan fingerprint density at radius 2 is 2.04 bits per heavy atom. The molecule has 1 aliphatic heterocycles. The smallest absolute Gasteiger partial charge is 0.278 e. The second-order valence-corrected chi connectivity index (χ2v) is 5.58. The van der Waals surface area contributed by atoms with Crippen molar-refractivity contribution in [3.05, 3.63) is 53.3 Å². The van der Waals surface area contributed by atoms with E-state index in [4.69, 9.17) is 16.3 Å². The predicted molar refractivity (Wildman–Crippen MR) is 84.1 cm³/mol. The van der Waals surface area contributed by atoms with Crippen molar-refractivity contribution in [3.63, 3.8) is 0 Å². The van der Waals surface area contributed by atoms with Crippen molar-refractivity contribution in [2.45, 2.75) is 12.5 Å². The number of carbonyl (C=O) groups is 2. The Bertz CT molecular complexity index is 812. The van der Waals surface area contributed by atoms with Crippen LogP contribution in [-0.4, -0.2) is 17.4 Å². The summed E-state index contributed by atoms with van der Waals surface area (Å²) in [4.78, 5) is 24.7. The molecular formula is C16H12ClFN2O3. The Hall–Kier alpha value is -2.60. The first-order chi connectivity index (χ1) is 10.9. The molecule has 1 aliphatic rings. The van der Waals surface area contributed by atoms with E-state index < -0.39 is 23.2 Å². The quantitative estimate of drug-likeness (QED) is 0.829. The molecule has 2 N–H and O–H groups in total. The van der Waals surface area contributed by atoms with Crippen LogP contribution in [0.25, 0.3) is 0 Å². The average molecular weight is 335 g/mol. The summed E-state index contributed by atoms with van der Waals surface area (Å²) in [5.41, 5.74) is -1.000. The van der Waals surface area contributed by atoms with Crippen LogP contribution >= 0.6 is 11.6 Å². The summed E-state index contributed by atoms with van der Waals surface area (Å²) in [6, 6.07) is 10.5. The molecule has 0 saturated carbocycles. The molecule has 0 aliphatic carbocycles. The lowest BCUT2D eigenvalue weighted by molar-refractivity contribution is -0.143. The normalized spacial score (nSPS) is 19.3. The lowest BCUT2D eigenvalue weighted by atomic mass is 10.0. The first-order valence-electron chi connectivity index (χ1n) is 6.76. The molecule has 118 valence electrons. The number of ether oxygens (including phenoxy) is 1. The summed E-state index contributed by atoms with van der Waals surface area (Å²) in [7, 11) is 0. The van der Waals surface area contributed by atoms with Crippen molar-refractivity contribution >= 4 is 34.8 Å². The van der Waals surface area contributed by atoms with E-state index in [0.717, 1.165) is 6.07 Å². The van der Waals surface area contributed by atoms with Crippen LogP contribution in [0.5, 0.6) is 5.75 Å². The largest absolute Gasteiger partial charge is 0.466 e. The van der Waals surface area contributed by atoms with Crippen molar-refractivity contribution < 1.29 is 18.7 Å². The molecular weight excluding hydrogens is 323 g/mol. The van der Waals surface area contributed by atoms with Crippen molar-refractivity contribution in [1.29, 1.82) is 0 Å². The summed E-state index contributed by atoms with van der Waals surface area (Å²) >= 11 is 5.68. The number of para-hydroxylation sites is 2. The summed E-state index contributed by atoms with van der Waals surface area (Å²) in [5.74, 6) is -1.49. The number of hydrogen-bond donors (Lipinski definition) is 2. The SMILES string of the molecule is CC1(C(=O)Nc2ccc(F)c(Cl)c2)Oc2ccccc2NC1=O. The maximum absolute atomic E-state index is 13.2. The van der Waals surface area contributed by atoms with Crippen molar-refractivity contribution in [3.8, 4) is 5.75 Å². The minimum absolute atomic E-state index is 0.132. The van der Waals surface area contributed by atoms with Gasteiger partial charge in [-0.1, -0.05) is 23.7 Å². The Morgan fingerprint density at radius 3 is 2.78 bits per heavy atom. The number of halogens is 2. The van der Waals surface area contributed by atoms with Gasteiger partial charge in [-0.2, -0.15) is 0 Å². The zero-order chi connectivity index (χ0) is 16.6. The molecule has 1 heterocycles. The van der Waals surface area contributed by atoms with Gasteiger partial charge in [0.15, 0.2) is 0 Å². The summed E-state index contributed by atoms with van der Waals surface area (Å²) < 4.78 is 18.7. The molecule has 0 aromatic heterocycles. The molecule has 23 heavy (non-hydrogen) atoms. The predicted octanol–water partition coefficient (Wildman–Crippen LogP) is 3.21. The van der Waals surface area contributed by atoms with Crippen LogP contribution in [0.2, 0.25) is 5.02 Å². The van der Waals surface area contributed by atoms with E-state index in [1.807, 2.05) is 0 Å². The zero-order valence-electron chi connectivity index (χ0n) is 12.0. The Kier molecular flexibility index (Phi) is 3.69. The first kappa shape index (κ1) is 15.3. The second-order valence-electron chi connectivity index (χ2n) is 5.17. The molecule has 2 amide bonds. The highest BCUT2D eigenvalue weighted by molar-refractivity contribution is 6.31. The van der Waals surface area contributed by atoms with Crippen molar-refractivity contribution in [2.24, 2.45) is 0 Å². The lowest BCUT2D eigenvalue weighted by Crippen LogP contribution is -2.56. The van der Waals surface area contributed by atoms with Crippen LogP contribution in [0.4, 0.5) is 15.8 Å². The van der Waals surface area contributed by atoms with E-state index in [1.165, 1.54) is 19.1 Å². The van der Waals surface area contributed by atoms with Crippen LogP contribution in [0.1, 0.15) is 6.92 Å². The third kappa shape index (κ3) is 2.73. The Balaban J connectivity index is 1.86. The minimum atomic E-state index is -1.75. The number of carbonyl (C=O) groups excluding carboxylic acids is 2. The van der Waals surface area contributed by atoms with Gasteiger partial charge in [-0.15, -0.1) is 0 Å². The van der Waals surface area contributed by atoms with Gasteiger partial charge in [0.05, 0.1) is 10.7 Å². The maximum atomic E-state index is 13.2. The number of amides is 2. The molecule has 0 saturated heterocycles. The van der Waals surface area contributed by atoms with Crippen LogP contribution in [0.3, 0.4) is 0 Å². The van der Waals surface area contributed by atoms with E-state index in [2.05, 4.69) is 10.6 Å². The topological polar surface area (TPSA) is 67.4 Å². The minimum Gasteiger partial charge on any atom is -0.466 e. The maximum Gasteiger partial charge on any atom is 0.278 e. The summed E-state index contributed by atoms with van der Waals surface area (Å²) in [5, 5.41) is 5.00. The Morgan fingerprint density at radius 1 is 1.30 bits per heavy atom. The number of nitrogens with one attached hydrogen (secondary N) is 2. The number of rotatable bonds is 2. The fraction of sp³-hybridized carbons (Fsp3) is 0.125.